The quantitative estimate of drug-likeness (QED) is 0.565. The fourth-order valence-electron chi connectivity index (χ4n) is 3.11. The van der Waals surface area contributed by atoms with Crippen LogP contribution in [0, 0.1) is 12.8 Å². The summed E-state index contributed by atoms with van der Waals surface area (Å²) in [5.74, 6) is 0.416. The van der Waals surface area contributed by atoms with Crippen LogP contribution in [0.2, 0.25) is 0 Å². The van der Waals surface area contributed by atoms with E-state index in [1.54, 1.807) is 6.08 Å². The summed E-state index contributed by atoms with van der Waals surface area (Å²) in [4.78, 5) is 14.5. The number of nitrogens with zero attached hydrogens (tertiary/aromatic N) is 1. The normalized spacial score (nSPS) is 13.8. The number of nitrogens with two attached hydrogens (primary N) is 1. The van der Waals surface area contributed by atoms with Crippen molar-refractivity contribution < 1.29 is 4.79 Å². The zero-order valence-corrected chi connectivity index (χ0v) is 17.8. The number of hydrogen-bond acceptors (Lipinski definition) is 3. The zero-order chi connectivity index (χ0) is 20.5. The van der Waals surface area contributed by atoms with Crippen LogP contribution in [-0.2, 0) is 6.42 Å². The number of hydrogen-bond donors (Lipinski definition) is 2. The third-order valence-electron chi connectivity index (χ3n) is 4.92. The van der Waals surface area contributed by atoms with E-state index in [4.69, 9.17) is 5.73 Å². The van der Waals surface area contributed by atoms with Crippen LogP contribution < -0.4 is 11.1 Å². The molecule has 0 aliphatic rings. The lowest BCUT2D eigenvalue weighted by atomic mass is 9.96. The summed E-state index contributed by atoms with van der Waals surface area (Å²) in [6.07, 6.45) is 5.47. The average Bonchev–Trinajstić information content (AvgIpc) is 3.09. The molecule has 1 aromatic heterocycles. The monoisotopic (exact) mass is 396 g/mol. The van der Waals surface area contributed by atoms with Crippen molar-refractivity contribution in [2.24, 2.45) is 11.7 Å². The molecular formula is C23H30N3OS-. The molecule has 0 aliphatic carbocycles. The van der Waals surface area contributed by atoms with Crippen LogP contribution in [-0.4, -0.2) is 24.7 Å². The van der Waals surface area contributed by atoms with E-state index in [1.165, 1.54) is 11.3 Å². The molecule has 2 aromatic rings. The molecule has 28 heavy (non-hydrogen) atoms. The van der Waals surface area contributed by atoms with Crippen LogP contribution in [0.5, 0.6) is 0 Å². The SMILES string of the molecule is CCC(C)C/C(=C\C=[N-])c1sc(C(=O)NC(CN)Cc2ccccc2)cc1C. The van der Waals surface area contributed by atoms with Crippen LogP contribution in [0.25, 0.3) is 11.0 Å². The van der Waals surface area contributed by atoms with E-state index in [0.29, 0.717) is 23.8 Å². The van der Waals surface area contributed by atoms with Crippen LogP contribution in [0.15, 0.2) is 42.5 Å². The Morgan fingerprint density at radius 2 is 2.04 bits per heavy atom. The van der Waals surface area contributed by atoms with Crippen molar-refractivity contribution in [3.63, 3.8) is 0 Å². The number of benzene rings is 1. The number of thiophene rings is 1. The molecule has 2 rings (SSSR count). The van der Waals surface area contributed by atoms with Crippen molar-refractivity contribution in [1.29, 1.82) is 0 Å². The Bertz CT molecular complexity index is 811. The highest BCUT2D eigenvalue weighted by molar-refractivity contribution is 7.15. The van der Waals surface area contributed by atoms with Crippen molar-refractivity contribution in [3.05, 3.63) is 68.8 Å². The predicted molar refractivity (Wildman–Crippen MR) is 121 cm³/mol. The van der Waals surface area contributed by atoms with E-state index in [-0.39, 0.29) is 11.9 Å². The van der Waals surface area contributed by atoms with Gasteiger partial charge in [-0.05, 0) is 48.4 Å². The maximum absolute atomic E-state index is 12.8. The Labute approximate surface area is 172 Å². The summed E-state index contributed by atoms with van der Waals surface area (Å²) < 4.78 is 0. The number of aryl methyl sites for hydroxylation is 1. The number of nitrogens with one attached hydrogen (secondary N) is 1. The molecule has 3 N–H and O–H groups in total. The third kappa shape index (κ3) is 6.14. The van der Waals surface area contributed by atoms with E-state index in [2.05, 4.69) is 19.2 Å². The second-order valence-corrected chi connectivity index (χ2v) is 8.33. The van der Waals surface area contributed by atoms with Crippen LogP contribution in [0.1, 0.15) is 52.4 Å². The molecule has 0 aliphatic heterocycles. The molecular weight excluding hydrogens is 366 g/mol. The molecule has 0 saturated carbocycles. The summed E-state index contributed by atoms with van der Waals surface area (Å²) in [5.41, 5.74) is 9.16. The van der Waals surface area contributed by atoms with Crippen LogP contribution in [0.4, 0.5) is 0 Å². The Morgan fingerprint density at radius 3 is 2.64 bits per heavy atom. The molecule has 1 heterocycles. The van der Waals surface area contributed by atoms with Gasteiger partial charge in [0.25, 0.3) is 5.91 Å². The molecule has 2 atom stereocenters. The fourth-order valence-corrected chi connectivity index (χ4v) is 4.22. The van der Waals surface area contributed by atoms with E-state index >= 15 is 0 Å². The first-order chi connectivity index (χ1) is 13.5. The highest BCUT2D eigenvalue weighted by Gasteiger charge is 2.18. The van der Waals surface area contributed by atoms with Gasteiger partial charge >= 0.3 is 0 Å². The molecule has 1 aromatic carbocycles. The fraction of sp³-hybridized carbons (Fsp3) is 0.391. The molecule has 1 amide bonds. The molecule has 5 heteroatoms. The van der Waals surface area contributed by atoms with E-state index < -0.39 is 0 Å². The molecule has 0 radical (unpaired) electrons. The number of allylic oxidation sites excluding steroid dienone is 2. The smallest absolute Gasteiger partial charge is 0.261 e. The van der Waals surface area contributed by atoms with Crippen molar-refractivity contribution in [3.8, 4) is 0 Å². The second-order valence-electron chi connectivity index (χ2n) is 7.28. The minimum absolute atomic E-state index is 0.0957. The molecule has 150 valence electrons. The number of amides is 1. The van der Waals surface area contributed by atoms with Gasteiger partial charge in [-0.1, -0.05) is 56.7 Å². The Hall–Kier alpha value is -2.24. The molecule has 0 bridgehead atoms. The Balaban J connectivity index is 2.14. The first kappa shape index (κ1) is 22.1. The van der Waals surface area contributed by atoms with Gasteiger partial charge in [-0.3, -0.25) is 4.79 Å². The van der Waals surface area contributed by atoms with Gasteiger partial charge in [0.1, 0.15) is 0 Å². The van der Waals surface area contributed by atoms with Crippen molar-refractivity contribution in [2.75, 3.05) is 6.54 Å². The minimum atomic E-state index is -0.110. The highest BCUT2D eigenvalue weighted by atomic mass is 32.1. The summed E-state index contributed by atoms with van der Waals surface area (Å²) in [6, 6.07) is 11.9. The van der Waals surface area contributed by atoms with Gasteiger partial charge < -0.3 is 16.5 Å². The lowest BCUT2D eigenvalue weighted by molar-refractivity contribution is 0.0942. The molecule has 0 saturated heterocycles. The summed E-state index contributed by atoms with van der Waals surface area (Å²) in [6.45, 7) is 6.74. The van der Waals surface area contributed by atoms with E-state index in [1.807, 2.05) is 43.3 Å². The zero-order valence-electron chi connectivity index (χ0n) is 16.9. The van der Waals surface area contributed by atoms with Crippen LogP contribution >= 0.6 is 11.3 Å². The summed E-state index contributed by atoms with van der Waals surface area (Å²) in [7, 11) is 0. The van der Waals surface area contributed by atoms with Crippen molar-refractivity contribution in [2.45, 2.75) is 46.1 Å². The van der Waals surface area contributed by atoms with Gasteiger partial charge in [-0.25, -0.2) is 0 Å². The van der Waals surface area contributed by atoms with Gasteiger partial charge in [0.05, 0.1) is 4.88 Å². The van der Waals surface area contributed by atoms with E-state index in [9.17, 15) is 10.2 Å². The maximum atomic E-state index is 12.8. The molecule has 4 nitrogen and oxygen atoms in total. The average molecular weight is 397 g/mol. The topological polar surface area (TPSA) is 77.4 Å². The third-order valence-corrected chi connectivity index (χ3v) is 6.23. The predicted octanol–water partition coefficient (Wildman–Crippen LogP) is 4.82. The lowest BCUT2D eigenvalue weighted by Gasteiger charge is -2.16. The van der Waals surface area contributed by atoms with Gasteiger partial charge in [-0.15, -0.1) is 11.3 Å². The van der Waals surface area contributed by atoms with Crippen molar-refractivity contribution in [1.82, 2.24) is 5.32 Å². The number of carbonyl (C=O) groups is 1. The van der Waals surface area contributed by atoms with Crippen molar-refractivity contribution >= 4 is 29.0 Å². The molecule has 2 unspecified atom stereocenters. The molecule has 0 fully saturated rings. The Morgan fingerprint density at radius 1 is 1.32 bits per heavy atom. The Kier molecular flexibility index (Phi) is 8.61. The van der Waals surface area contributed by atoms with Gasteiger partial charge in [0.15, 0.2) is 0 Å². The number of rotatable bonds is 10. The number of carbonyl (C=O) groups excluding carboxylic acids is 1. The van der Waals surface area contributed by atoms with Gasteiger partial charge in [-0.2, -0.15) is 6.21 Å². The van der Waals surface area contributed by atoms with Gasteiger partial charge in [0, 0.05) is 17.5 Å². The van der Waals surface area contributed by atoms with E-state index in [0.717, 1.165) is 40.6 Å². The summed E-state index contributed by atoms with van der Waals surface area (Å²) >= 11 is 1.47. The van der Waals surface area contributed by atoms with Gasteiger partial charge in [0.2, 0.25) is 0 Å². The summed E-state index contributed by atoms with van der Waals surface area (Å²) in [5, 5.41) is 12.4. The standard InChI is InChI=1S/C23H30N3OS/c1-4-16(2)12-19(10-11-24)22-17(3)13-21(28-22)23(27)26-20(15-25)14-18-8-6-5-7-9-18/h5-11,13,16,20H,4,12,14-15,25H2,1-3H3,(H,26,27)/q-1/b19-10+. The minimum Gasteiger partial charge on any atom is -0.811 e. The first-order valence-corrected chi connectivity index (χ1v) is 10.6. The largest absolute Gasteiger partial charge is 0.811 e. The first-order valence-electron chi connectivity index (χ1n) is 9.80. The molecule has 0 spiro atoms. The maximum Gasteiger partial charge on any atom is 0.261 e. The second kappa shape index (κ2) is 10.9. The van der Waals surface area contributed by atoms with Crippen LogP contribution in [0.3, 0.4) is 0 Å². The lowest BCUT2D eigenvalue weighted by Crippen LogP contribution is -2.41. The highest BCUT2D eigenvalue weighted by Crippen LogP contribution is 2.33.